The molecule has 3 aliphatic carbocycles. The number of hydrogen-bond acceptors (Lipinski definition) is 2. The van der Waals surface area contributed by atoms with Crippen LogP contribution in [-0.2, 0) is 4.74 Å². The highest BCUT2D eigenvalue weighted by Gasteiger charge is 2.40. The Labute approximate surface area is 213 Å². The predicted molar refractivity (Wildman–Crippen MR) is 146 cm³/mol. The summed E-state index contributed by atoms with van der Waals surface area (Å²) >= 11 is 0. The van der Waals surface area contributed by atoms with Gasteiger partial charge >= 0.3 is 0 Å². The second-order valence-corrected chi connectivity index (χ2v) is 12.7. The molecule has 0 amide bonds. The van der Waals surface area contributed by atoms with Gasteiger partial charge in [0.1, 0.15) is 0 Å². The highest BCUT2D eigenvalue weighted by atomic mass is 16.5. The molecule has 200 valence electrons. The van der Waals surface area contributed by atoms with Crippen molar-refractivity contribution in [2.75, 3.05) is 13.2 Å². The lowest BCUT2D eigenvalue weighted by Gasteiger charge is -2.46. The topological polar surface area (TPSA) is 29.5 Å². The van der Waals surface area contributed by atoms with Gasteiger partial charge in [-0.2, -0.15) is 0 Å². The van der Waals surface area contributed by atoms with E-state index < -0.39 is 0 Å². The molecule has 2 nitrogen and oxygen atoms in total. The quantitative estimate of drug-likeness (QED) is 0.253. The average Bonchev–Trinajstić information content (AvgIpc) is 2.89. The Bertz CT molecular complexity index is 511. The largest absolute Gasteiger partial charge is 0.396 e. The van der Waals surface area contributed by atoms with Crippen LogP contribution in [-0.4, -0.2) is 24.4 Å². The summed E-state index contributed by atoms with van der Waals surface area (Å²) in [5, 5.41) is 9.24. The van der Waals surface area contributed by atoms with Crippen LogP contribution in [0.4, 0.5) is 0 Å². The molecule has 6 unspecified atom stereocenters. The monoisotopic (exact) mass is 476 g/mol. The van der Waals surface area contributed by atoms with Gasteiger partial charge in [0, 0.05) is 13.2 Å². The number of aliphatic hydroxyl groups is 1. The minimum atomic E-state index is 0.374. The van der Waals surface area contributed by atoms with Crippen molar-refractivity contribution in [2.24, 2.45) is 41.4 Å². The summed E-state index contributed by atoms with van der Waals surface area (Å²) in [6, 6.07) is 0. The van der Waals surface area contributed by atoms with Crippen LogP contribution in [0, 0.1) is 41.4 Å². The SMILES string of the molecule is CCCCCCC1CCC(COC2CCC(C3CCC(CCCO)CC3CC)C(CC)C2)CC1. The third kappa shape index (κ3) is 8.79. The minimum Gasteiger partial charge on any atom is -0.396 e. The first-order valence-corrected chi connectivity index (χ1v) is 15.9. The fourth-order valence-electron chi connectivity index (χ4n) is 8.31. The van der Waals surface area contributed by atoms with E-state index in [9.17, 15) is 5.11 Å². The predicted octanol–water partition coefficient (Wildman–Crippen LogP) is 9.19. The van der Waals surface area contributed by atoms with E-state index in [1.54, 1.807) is 0 Å². The minimum absolute atomic E-state index is 0.374. The summed E-state index contributed by atoms with van der Waals surface area (Å²) in [5.41, 5.74) is 0. The van der Waals surface area contributed by atoms with Crippen LogP contribution in [0.5, 0.6) is 0 Å². The molecule has 0 aliphatic heterocycles. The zero-order valence-electron chi connectivity index (χ0n) is 23.3. The molecule has 0 saturated heterocycles. The van der Waals surface area contributed by atoms with Gasteiger partial charge in [-0.1, -0.05) is 85.0 Å². The molecule has 0 radical (unpaired) electrons. The van der Waals surface area contributed by atoms with Crippen molar-refractivity contribution in [1.82, 2.24) is 0 Å². The summed E-state index contributed by atoms with van der Waals surface area (Å²) in [5.74, 6) is 6.42. The maximum Gasteiger partial charge on any atom is 0.0578 e. The molecule has 0 spiro atoms. The van der Waals surface area contributed by atoms with E-state index >= 15 is 0 Å². The summed E-state index contributed by atoms with van der Waals surface area (Å²) < 4.78 is 6.63. The van der Waals surface area contributed by atoms with E-state index in [0.29, 0.717) is 12.7 Å². The summed E-state index contributed by atoms with van der Waals surface area (Å²) in [6.45, 7) is 8.60. The Morgan fingerprint density at radius 1 is 0.618 bits per heavy atom. The molecule has 3 aliphatic rings. The van der Waals surface area contributed by atoms with E-state index in [-0.39, 0.29) is 0 Å². The van der Waals surface area contributed by atoms with Crippen molar-refractivity contribution in [1.29, 1.82) is 0 Å². The van der Waals surface area contributed by atoms with Gasteiger partial charge < -0.3 is 9.84 Å². The average molecular weight is 477 g/mol. The lowest BCUT2D eigenvalue weighted by Crippen LogP contribution is -2.39. The number of ether oxygens (including phenoxy) is 1. The van der Waals surface area contributed by atoms with Crippen molar-refractivity contribution >= 4 is 0 Å². The molecule has 6 atom stereocenters. The lowest BCUT2D eigenvalue weighted by atomic mass is 9.60. The number of rotatable bonds is 14. The van der Waals surface area contributed by atoms with Crippen LogP contribution in [0.1, 0.15) is 143 Å². The second kappa shape index (κ2) is 15.9. The highest BCUT2D eigenvalue weighted by Crippen LogP contribution is 2.48. The van der Waals surface area contributed by atoms with Crippen LogP contribution in [0.15, 0.2) is 0 Å². The van der Waals surface area contributed by atoms with Crippen LogP contribution in [0.25, 0.3) is 0 Å². The van der Waals surface area contributed by atoms with Crippen molar-refractivity contribution in [3.8, 4) is 0 Å². The molecule has 34 heavy (non-hydrogen) atoms. The molecule has 0 aromatic rings. The zero-order chi connectivity index (χ0) is 24.2. The number of hydrogen-bond donors (Lipinski definition) is 1. The molecule has 0 aromatic heterocycles. The molecule has 3 saturated carbocycles. The van der Waals surface area contributed by atoms with Gasteiger partial charge in [-0.3, -0.25) is 0 Å². The fraction of sp³-hybridized carbons (Fsp3) is 1.00. The number of aliphatic hydroxyl groups excluding tert-OH is 1. The van der Waals surface area contributed by atoms with E-state index in [2.05, 4.69) is 20.8 Å². The van der Waals surface area contributed by atoms with Crippen molar-refractivity contribution < 1.29 is 9.84 Å². The van der Waals surface area contributed by atoms with Gasteiger partial charge in [0.25, 0.3) is 0 Å². The molecule has 3 fully saturated rings. The first-order chi connectivity index (χ1) is 16.7. The summed E-state index contributed by atoms with van der Waals surface area (Å²) in [4.78, 5) is 0. The standard InChI is InChI=1S/C32H60O2/c1-4-7-8-9-11-25-13-15-27(16-14-25)24-34-30-18-20-32(29(6-3)23-30)31-19-17-26(12-10-21-33)22-28(31)5-2/h25-33H,4-24H2,1-3H3. The van der Waals surface area contributed by atoms with Gasteiger partial charge in [-0.15, -0.1) is 0 Å². The first-order valence-electron chi connectivity index (χ1n) is 15.9. The highest BCUT2D eigenvalue weighted by molar-refractivity contribution is 4.90. The van der Waals surface area contributed by atoms with Gasteiger partial charge in [0.15, 0.2) is 0 Å². The van der Waals surface area contributed by atoms with Gasteiger partial charge in [0.2, 0.25) is 0 Å². The second-order valence-electron chi connectivity index (χ2n) is 12.7. The molecular weight excluding hydrogens is 416 g/mol. The first kappa shape index (κ1) is 28.5. The van der Waals surface area contributed by atoms with Crippen molar-refractivity contribution in [3.63, 3.8) is 0 Å². The number of unbranched alkanes of at least 4 members (excludes halogenated alkanes) is 3. The third-order valence-corrected chi connectivity index (χ3v) is 10.5. The van der Waals surface area contributed by atoms with Gasteiger partial charge in [-0.25, -0.2) is 0 Å². The Balaban J connectivity index is 1.37. The molecule has 3 rings (SSSR count). The Morgan fingerprint density at radius 3 is 1.91 bits per heavy atom. The Hall–Kier alpha value is -0.0800. The van der Waals surface area contributed by atoms with E-state index in [1.807, 2.05) is 0 Å². The molecule has 1 N–H and O–H groups in total. The molecule has 0 bridgehead atoms. The zero-order valence-corrected chi connectivity index (χ0v) is 23.3. The van der Waals surface area contributed by atoms with Gasteiger partial charge in [-0.05, 0) is 99.2 Å². The van der Waals surface area contributed by atoms with E-state index in [1.165, 1.54) is 116 Å². The van der Waals surface area contributed by atoms with E-state index in [0.717, 1.165) is 54.5 Å². The molecule has 0 aromatic carbocycles. The van der Waals surface area contributed by atoms with Crippen LogP contribution in [0.3, 0.4) is 0 Å². The third-order valence-electron chi connectivity index (χ3n) is 10.5. The summed E-state index contributed by atoms with van der Waals surface area (Å²) in [6.07, 6.45) is 26.8. The lowest BCUT2D eigenvalue weighted by molar-refractivity contribution is -0.0461. The van der Waals surface area contributed by atoms with Crippen molar-refractivity contribution in [3.05, 3.63) is 0 Å². The maximum absolute atomic E-state index is 9.24. The Kier molecular flexibility index (Phi) is 13.3. The fourth-order valence-corrected chi connectivity index (χ4v) is 8.31. The van der Waals surface area contributed by atoms with Gasteiger partial charge in [0.05, 0.1) is 6.10 Å². The Morgan fingerprint density at radius 2 is 1.24 bits per heavy atom. The smallest absolute Gasteiger partial charge is 0.0578 e. The van der Waals surface area contributed by atoms with E-state index in [4.69, 9.17) is 4.74 Å². The maximum atomic E-state index is 9.24. The van der Waals surface area contributed by atoms with Crippen molar-refractivity contribution in [2.45, 2.75) is 149 Å². The van der Waals surface area contributed by atoms with Crippen LogP contribution < -0.4 is 0 Å². The normalized spacial score (nSPS) is 37.1. The van der Waals surface area contributed by atoms with Crippen LogP contribution >= 0.6 is 0 Å². The van der Waals surface area contributed by atoms with Crippen LogP contribution in [0.2, 0.25) is 0 Å². The molecule has 0 heterocycles. The summed E-state index contributed by atoms with van der Waals surface area (Å²) in [7, 11) is 0. The molecule has 2 heteroatoms. The molecular formula is C32H60O2.